The summed E-state index contributed by atoms with van der Waals surface area (Å²) < 4.78 is 16.8. The fourth-order valence-corrected chi connectivity index (χ4v) is 3.70. The minimum Gasteiger partial charge on any atom is -0.497 e. The Hall–Kier alpha value is -3.30. The molecule has 2 aromatic carbocycles. The molecule has 0 bridgehead atoms. The van der Waals surface area contributed by atoms with E-state index in [0.29, 0.717) is 41.6 Å². The second kappa shape index (κ2) is 11.7. The maximum atomic E-state index is 13.2. The van der Waals surface area contributed by atoms with E-state index in [2.05, 4.69) is 22.9 Å². The van der Waals surface area contributed by atoms with Gasteiger partial charge in [0.2, 0.25) is 0 Å². The average molecular weight is 471 g/mol. The first kappa shape index (κ1) is 25.3. The number of benzene rings is 2. The van der Waals surface area contributed by atoms with Crippen molar-refractivity contribution in [2.24, 2.45) is 5.92 Å². The second-order valence-corrected chi connectivity index (χ2v) is 8.58. The third-order valence-electron chi connectivity index (χ3n) is 5.83. The van der Waals surface area contributed by atoms with Gasteiger partial charge in [-0.15, -0.1) is 0 Å². The van der Waals surface area contributed by atoms with Crippen molar-refractivity contribution in [3.05, 3.63) is 48.0 Å². The molecule has 0 saturated carbocycles. The van der Waals surface area contributed by atoms with Crippen LogP contribution >= 0.6 is 0 Å². The average Bonchev–Trinajstić information content (AvgIpc) is 2.83. The number of likely N-dealkylation sites (N-methyl/N-ethyl adjacent to an activating group) is 1. The first-order valence-corrected chi connectivity index (χ1v) is 11.3. The summed E-state index contributed by atoms with van der Waals surface area (Å²) in [6.45, 7) is 5.69. The molecule has 1 heterocycles. The van der Waals surface area contributed by atoms with E-state index in [-0.39, 0.29) is 24.0 Å². The number of anilines is 2. The Labute approximate surface area is 200 Å². The van der Waals surface area contributed by atoms with Gasteiger partial charge in [0.1, 0.15) is 18.1 Å². The molecule has 0 fully saturated rings. The third-order valence-corrected chi connectivity index (χ3v) is 5.83. The molecule has 0 saturated heterocycles. The fourth-order valence-electron chi connectivity index (χ4n) is 3.70. The van der Waals surface area contributed by atoms with Crippen LogP contribution in [0.3, 0.4) is 0 Å². The lowest BCUT2D eigenvalue weighted by atomic mass is 10.0. The van der Waals surface area contributed by atoms with Gasteiger partial charge in [-0.3, -0.25) is 4.79 Å². The van der Waals surface area contributed by atoms with Crippen molar-refractivity contribution >= 4 is 23.3 Å². The molecule has 0 spiro atoms. The highest BCUT2D eigenvalue weighted by atomic mass is 16.5. The van der Waals surface area contributed by atoms with Crippen molar-refractivity contribution in [3.63, 3.8) is 0 Å². The van der Waals surface area contributed by atoms with Crippen molar-refractivity contribution in [2.75, 3.05) is 51.6 Å². The number of carbonyl (C=O) groups is 2. The molecule has 3 amide bonds. The molecule has 3 N–H and O–H groups in total. The van der Waals surface area contributed by atoms with Gasteiger partial charge in [-0.25, -0.2) is 4.79 Å². The van der Waals surface area contributed by atoms with E-state index in [1.807, 2.05) is 6.92 Å². The minimum absolute atomic E-state index is 0.0649. The first-order valence-electron chi connectivity index (χ1n) is 11.3. The Kier molecular flexibility index (Phi) is 8.72. The van der Waals surface area contributed by atoms with E-state index in [4.69, 9.17) is 14.2 Å². The topological polar surface area (TPSA) is 101 Å². The number of urea groups is 1. The minimum atomic E-state index is -0.409. The number of hydrogen-bond donors (Lipinski definition) is 3. The normalized spacial score (nSPS) is 21.4. The molecule has 0 unspecified atom stereocenters. The summed E-state index contributed by atoms with van der Waals surface area (Å²) in [6, 6.07) is 11.7. The van der Waals surface area contributed by atoms with Gasteiger partial charge in [-0.05, 0) is 49.2 Å². The highest BCUT2D eigenvalue weighted by Crippen LogP contribution is 2.26. The van der Waals surface area contributed by atoms with E-state index in [1.54, 1.807) is 68.6 Å². The fraction of sp³-hybridized carbons (Fsp3) is 0.440. The van der Waals surface area contributed by atoms with Gasteiger partial charge < -0.3 is 35.1 Å². The van der Waals surface area contributed by atoms with Crippen molar-refractivity contribution in [2.45, 2.75) is 26.0 Å². The van der Waals surface area contributed by atoms with Crippen LogP contribution in [0.4, 0.5) is 16.2 Å². The smallest absolute Gasteiger partial charge is 0.323 e. The number of carbonyl (C=O) groups excluding carboxylic acids is 2. The standard InChI is InChI=1S/C25H34N4O5/c1-16-13-26-17(2)15-34-22-12-19(8-11-21(22)24(30)29(3)14-23(16)33-5)28-25(31)27-18-6-9-20(32-4)10-7-18/h6-12,16-17,23,26H,13-15H2,1-5H3,(H2,27,28,31)/t16-,17+,23-/m0/s1. The molecule has 3 atom stereocenters. The van der Waals surface area contributed by atoms with E-state index in [0.717, 1.165) is 6.54 Å². The molecular formula is C25H34N4O5. The van der Waals surface area contributed by atoms with Crippen LogP contribution in [0.5, 0.6) is 11.5 Å². The lowest BCUT2D eigenvalue weighted by Gasteiger charge is -2.30. The Morgan fingerprint density at radius 3 is 2.44 bits per heavy atom. The lowest BCUT2D eigenvalue weighted by Crippen LogP contribution is -2.44. The van der Waals surface area contributed by atoms with Gasteiger partial charge in [0.15, 0.2) is 0 Å². The van der Waals surface area contributed by atoms with Gasteiger partial charge in [-0.1, -0.05) is 6.92 Å². The molecule has 184 valence electrons. The summed E-state index contributed by atoms with van der Waals surface area (Å²) in [5.41, 5.74) is 1.56. The monoisotopic (exact) mass is 470 g/mol. The SMILES string of the molecule is COc1ccc(NC(=O)Nc2ccc3c(c2)OC[C@@H](C)NC[C@H](C)[C@@H](OC)CN(C)C3=O)cc1. The molecule has 0 aliphatic carbocycles. The summed E-state index contributed by atoms with van der Waals surface area (Å²) in [5.74, 6) is 1.17. The van der Waals surface area contributed by atoms with Gasteiger partial charge >= 0.3 is 6.03 Å². The molecule has 0 aromatic heterocycles. The third kappa shape index (κ3) is 6.61. The molecule has 9 heteroatoms. The number of fused-ring (bicyclic) bond motifs is 1. The van der Waals surface area contributed by atoms with Crippen LogP contribution in [0.2, 0.25) is 0 Å². The Balaban J connectivity index is 1.78. The maximum Gasteiger partial charge on any atom is 0.323 e. The Morgan fingerprint density at radius 1 is 1.09 bits per heavy atom. The number of ether oxygens (including phenoxy) is 3. The van der Waals surface area contributed by atoms with Gasteiger partial charge in [0.25, 0.3) is 5.91 Å². The number of nitrogens with zero attached hydrogens (tertiary/aromatic N) is 1. The van der Waals surface area contributed by atoms with Crippen LogP contribution in [0, 0.1) is 5.92 Å². The van der Waals surface area contributed by atoms with Crippen molar-refractivity contribution < 1.29 is 23.8 Å². The summed E-state index contributed by atoms with van der Waals surface area (Å²) in [4.78, 5) is 27.3. The molecule has 9 nitrogen and oxygen atoms in total. The lowest BCUT2D eigenvalue weighted by molar-refractivity contribution is 0.0281. The number of amides is 3. The second-order valence-electron chi connectivity index (χ2n) is 8.58. The zero-order valence-electron chi connectivity index (χ0n) is 20.4. The molecular weight excluding hydrogens is 436 g/mol. The molecule has 2 aromatic rings. The van der Waals surface area contributed by atoms with Crippen molar-refractivity contribution in [1.29, 1.82) is 0 Å². The predicted molar refractivity (Wildman–Crippen MR) is 132 cm³/mol. The number of hydrogen-bond acceptors (Lipinski definition) is 6. The van der Waals surface area contributed by atoms with Crippen LogP contribution in [-0.4, -0.2) is 69.9 Å². The predicted octanol–water partition coefficient (Wildman–Crippen LogP) is 3.43. The molecule has 0 radical (unpaired) electrons. The van der Waals surface area contributed by atoms with Gasteiger partial charge in [0, 0.05) is 50.7 Å². The van der Waals surface area contributed by atoms with Crippen LogP contribution in [0.25, 0.3) is 0 Å². The number of nitrogens with one attached hydrogen (secondary N) is 3. The first-order chi connectivity index (χ1) is 16.3. The Morgan fingerprint density at radius 2 is 1.76 bits per heavy atom. The molecule has 3 rings (SSSR count). The van der Waals surface area contributed by atoms with Crippen molar-refractivity contribution in [3.8, 4) is 11.5 Å². The summed E-state index contributed by atoms with van der Waals surface area (Å²) in [7, 11) is 5.00. The summed E-state index contributed by atoms with van der Waals surface area (Å²) in [6.07, 6.45) is -0.0972. The van der Waals surface area contributed by atoms with Gasteiger partial charge in [-0.2, -0.15) is 0 Å². The highest BCUT2D eigenvalue weighted by Gasteiger charge is 2.25. The van der Waals surface area contributed by atoms with E-state index >= 15 is 0 Å². The molecule has 1 aliphatic rings. The Bertz CT molecular complexity index is 982. The quantitative estimate of drug-likeness (QED) is 0.633. The number of methoxy groups -OCH3 is 2. The van der Waals surface area contributed by atoms with Crippen LogP contribution in [-0.2, 0) is 4.74 Å². The zero-order valence-corrected chi connectivity index (χ0v) is 20.4. The van der Waals surface area contributed by atoms with E-state index in [9.17, 15) is 9.59 Å². The van der Waals surface area contributed by atoms with Crippen LogP contribution in [0.15, 0.2) is 42.5 Å². The zero-order chi connectivity index (χ0) is 24.7. The highest BCUT2D eigenvalue weighted by molar-refractivity contribution is 6.01. The van der Waals surface area contributed by atoms with Gasteiger partial charge in [0.05, 0.1) is 18.8 Å². The van der Waals surface area contributed by atoms with Crippen LogP contribution < -0.4 is 25.4 Å². The van der Waals surface area contributed by atoms with E-state index in [1.165, 1.54) is 0 Å². The van der Waals surface area contributed by atoms with E-state index < -0.39 is 6.03 Å². The molecule has 34 heavy (non-hydrogen) atoms. The molecule has 1 aliphatic heterocycles. The van der Waals surface area contributed by atoms with Crippen LogP contribution in [0.1, 0.15) is 24.2 Å². The summed E-state index contributed by atoms with van der Waals surface area (Å²) >= 11 is 0. The largest absolute Gasteiger partial charge is 0.497 e. The van der Waals surface area contributed by atoms with Crippen molar-refractivity contribution in [1.82, 2.24) is 10.2 Å². The maximum absolute atomic E-state index is 13.2. The summed E-state index contributed by atoms with van der Waals surface area (Å²) in [5, 5.41) is 9.02. The number of rotatable bonds is 4.